The molecule has 5 nitrogen and oxygen atoms in total. The lowest BCUT2D eigenvalue weighted by molar-refractivity contribution is 0.0923. The molecule has 0 radical (unpaired) electrons. The second-order valence-electron chi connectivity index (χ2n) is 6.02. The van der Waals surface area contributed by atoms with Crippen LogP contribution in [0.1, 0.15) is 46.6 Å². The predicted octanol–water partition coefficient (Wildman–Crippen LogP) is 3.96. The van der Waals surface area contributed by atoms with E-state index in [9.17, 15) is 4.79 Å². The zero-order valence-corrected chi connectivity index (χ0v) is 15.8. The van der Waals surface area contributed by atoms with Gasteiger partial charge in [0.25, 0.3) is 11.9 Å². The minimum Gasteiger partial charge on any atom is -0.463 e. The van der Waals surface area contributed by atoms with Gasteiger partial charge in [0.2, 0.25) is 0 Å². The van der Waals surface area contributed by atoms with E-state index >= 15 is 0 Å². The first-order valence-electron chi connectivity index (χ1n) is 8.99. The molecule has 1 amide bonds. The van der Waals surface area contributed by atoms with Crippen molar-refractivity contribution in [3.63, 3.8) is 0 Å². The van der Waals surface area contributed by atoms with Gasteiger partial charge in [0.05, 0.1) is 17.5 Å². The number of rotatable bonds is 6. The van der Waals surface area contributed by atoms with Gasteiger partial charge in [-0.3, -0.25) is 10.1 Å². The first-order chi connectivity index (χ1) is 12.8. The highest BCUT2D eigenvalue weighted by Gasteiger charge is 2.21. The number of amides is 1. The minimum absolute atomic E-state index is 0.00526. The lowest BCUT2D eigenvalue weighted by atomic mass is 9.88. The molecule has 1 atom stereocenters. The largest absolute Gasteiger partial charge is 0.463 e. The number of aliphatic imine (C=N–C) groups is 1. The number of carbonyl (C=O) groups excluding carboxylic acids is 1. The number of thiophene rings is 1. The smallest absolute Gasteiger partial charge is 0.292 e. The standard InChI is InChI=1S/C20H24N2O3S/c1-2-24-12-13-25-20(22-19(23)18-11-6-14-26-18)21-17-10-5-8-15-7-3-4-9-16(15)17/h3-4,6-7,9,11,14,17H,2,5,8,10,12-13H2,1H3,(H,21,22,23)/t17-/m1/s1. The van der Waals surface area contributed by atoms with E-state index in [1.165, 1.54) is 22.5 Å². The fourth-order valence-electron chi connectivity index (χ4n) is 3.02. The lowest BCUT2D eigenvalue weighted by Crippen LogP contribution is -2.33. The second kappa shape index (κ2) is 9.50. The van der Waals surface area contributed by atoms with E-state index in [4.69, 9.17) is 14.5 Å². The van der Waals surface area contributed by atoms with E-state index in [2.05, 4.69) is 23.5 Å². The Morgan fingerprint density at radius 3 is 2.96 bits per heavy atom. The van der Waals surface area contributed by atoms with Crippen LogP contribution in [0.4, 0.5) is 0 Å². The number of nitrogens with zero attached hydrogens (tertiary/aromatic N) is 1. The van der Waals surface area contributed by atoms with Gasteiger partial charge in [-0.25, -0.2) is 4.99 Å². The maximum absolute atomic E-state index is 12.4. The molecule has 0 spiro atoms. The first kappa shape index (κ1) is 18.6. The number of nitrogens with one attached hydrogen (secondary N) is 1. The van der Waals surface area contributed by atoms with E-state index in [0.717, 1.165) is 19.3 Å². The van der Waals surface area contributed by atoms with Crippen molar-refractivity contribution in [2.45, 2.75) is 32.2 Å². The van der Waals surface area contributed by atoms with E-state index in [-0.39, 0.29) is 18.0 Å². The molecule has 2 aromatic rings. The van der Waals surface area contributed by atoms with Gasteiger partial charge in [-0.15, -0.1) is 11.3 Å². The quantitative estimate of drug-likeness (QED) is 0.474. The predicted molar refractivity (Wildman–Crippen MR) is 104 cm³/mol. The molecule has 3 rings (SSSR count). The van der Waals surface area contributed by atoms with E-state index < -0.39 is 0 Å². The number of carbonyl (C=O) groups is 1. The molecule has 1 N–H and O–H groups in total. The number of ether oxygens (including phenoxy) is 2. The zero-order chi connectivity index (χ0) is 18.2. The fourth-order valence-corrected chi connectivity index (χ4v) is 3.64. The van der Waals surface area contributed by atoms with Crippen molar-refractivity contribution in [1.29, 1.82) is 0 Å². The summed E-state index contributed by atoms with van der Waals surface area (Å²) in [6.07, 6.45) is 3.10. The average Bonchev–Trinajstić information content (AvgIpc) is 3.20. The van der Waals surface area contributed by atoms with Crippen molar-refractivity contribution in [2.24, 2.45) is 4.99 Å². The highest BCUT2D eigenvalue weighted by atomic mass is 32.1. The summed E-state index contributed by atoms with van der Waals surface area (Å²) in [4.78, 5) is 17.8. The zero-order valence-electron chi connectivity index (χ0n) is 14.9. The van der Waals surface area contributed by atoms with Crippen molar-refractivity contribution < 1.29 is 14.3 Å². The molecule has 1 aromatic heterocycles. The van der Waals surface area contributed by atoms with Gasteiger partial charge in [-0.1, -0.05) is 30.3 Å². The summed E-state index contributed by atoms with van der Waals surface area (Å²) in [5.41, 5.74) is 2.54. The average molecular weight is 372 g/mol. The molecule has 0 saturated carbocycles. The van der Waals surface area contributed by atoms with Crippen molar-refractivity contribution in [2.75, 3.05) is 19.8 Å². The molecule has 1 aromatic carbocycles. The van der Waals surface area contributed by atoms with Crippen molar-refractivity contribution in [3.05, 3.63) is 57.8 Å². The van der Waals surface area contributed by atoms with E-state index in [1.54, 1.807) is 6.07 Å². The van der Waals surface area contributed by atoms with Crippen LogP contribution in [-0.2, 0) is 15.9 Å². The van der Waals surface area contributed by atoms with Gasteiger partial charge in [-0.2, -0.15) is 0 Å². The normalized spacial score (nSPS) is 16.8. The number of benzene rings is 1. The summed E-state index contributed by atoms with van der Waals surface area (Å²) < 4.78 is 11.0. The monoisotopic (exact) mass is 372 g/mol. The minimum atomic E-state index is -0.195. The van der Waals surface area contributed by atoms with E-state index in [1.807, 2.05) is 24.4 Å². The third kappa shape index (κ3) is 4.93. The molecule has 6 heteroatoms. The Morgan fingerprint density at radius 1 is 1.27 bits per heavy atom. The summed E-state index contributed by atoms with van der Waals surface area (Å²) in [5.74, 6) is -0.195. The molecule has 0 bridgehead atoms. The first-order valence-corrected chi connectivity index (χ1v) is 9.87. The van der Waals surface area contributed by atoms with Crippen LogP contribution in [0.15, 0.2) is 46.8 Å². The summed E-state index contributed by atoms with van der Waals surface area (Å²) in [7, 11) is 0. The molecule has 0 fully saturated rings. The van der Waals surface area contributed by atoms with Gasteiger partial charge < -0.3 is 9.47 Å². The SMILES string of the molecule is CCOCCOC(=N[C@@H]1CCCc2ccccc21)NC(=O)c1cccs1. The summed E-state index contributed by atoms with van der Waals surface area (Å²) in [5, 5.41) is 4.69. The number of hydrogen-bond donors (Lipinski definition) is 1. The molecular formula is C20H24N2O3S. The number of fused-ring (bicyclic) bond motifs is 1. The Balaban J connectivity index is 1.76. The Labute approximate surface area is 158 Å². The number of amidine groups is 1. The van der Waals surface area contributed by atoms with Crippen LogP contribution >= 0.6 is 11.3 Å². The van der Waals surface area contributed by atoms with Crippen LogP contribution < -0.4 is 5.32 Å². The van der Waals surface area contributed by atoms with Crippen molar-refractivity contribution in [1.82, 2.24) is 5.32 Å². The van der Waals surface area contributed by atoms with Crippen LogP contribution in [0.2, 0.25) is 0 Å². The highest BCUT2D eigenvalue weighted by Crippen LogP contribution is 2.32. The molecule has 138 valence electrons. The summed E-state index contributed by atoms with van der Waals surface area (Å²) in [6.45, 7) is 3.39. The van der Waals surface area contributed by atoms with Crippen LogP contribution in [0.25, 0.3) is 0 Å². The number of hydrogen-bond acceptors (Lipinski definition) is 5. The summed E-state index contributed by atoms with van der Waals surface area (Å²) in [6, 6.07) is 12.3. The Morgan fingerprint density at radius 2 is 2.15 bits per heavy atom. The van der Waals surface area contributed by atoms with Crippen LogP contribution in [0.5, 0.6) is 0 Å². The maximum Gasteiger partial charge on any atom is 0.292 e. The number of aryl methyl sites for hydroxylation is 1. The van der Waals surface area contributed by atoms with Gasteiger partial charge in [0, 0.05) is 6.61 Å². The molecule has 1 aliphatic carbocycles. The molecule has 1 aliphatic rings. The Bertz CT molecular complexity index is 743. The highest BCUT2D eigenvalue weighted by molar-refractivity contribution is 7.12. The lowest BCUT2D eigenvalue weighted by Gasteiger charge is -2.23. The third-order valence-corrected chi connectivity index (χ3v) is 5.12. The molecule has 26 heavy (non-hydrogen) atoms. The molecule has 0 saturated heterocycles. The van der Waals surface area contributed by atoms with Gasteiger partial charge in [-0.05, 0) is 48.8 Å². The van der Waals surface area contributed by atoms with Crippen molar-refractivity contribution in [3.8, 4) is 0 Å². The van der Waals surface area contributed by atoms with Gasteiger partial charge in [0.1, 0.15) is 6.61 Å². The summed E-state index contributed by atoms with van der Waals surface area (Å²) >= 11 is 1.39. The molecule has 1 heterocycles. The van der Waals surface area contributed by atoms with Crippen LogP contribution in [0.3, 0.4) is 0 Å². The van der Waals surface area contributed by atoms with Crippen LogP contribution in [0, 0.1) is 0 Å². The topological polar surface area (TPSA) is 59.9 Å². The maximum atomic E-state index is 12.4. The van der Waals surface area contributed by atoms with Gasteiger partial charge in [0.15, 0.2) is 0 Å². The third-order valence-electron chi connectivity index (χ3n) is 4.25. The Kier molecular flexibility index (Phi) is 6.80. The second-order valence-corrected chi connectivity index (χ2v) is 6.97. The molecular weight excluding hydrogens is 348 g/mol. The fraction of sp³-hybridized carbons (Fsp3) is 0.400. The van der Waals surface area contributed by atoms with Gasteiger partial charge >= 0.3 is 0 Å². The molecule has 0 unspecified atom stereocenters. The van der Waals surface area contributed by atoms with Crippen molar-refractivity contribution >= 4 is 23.3 Å². The molecule has 0 aliphatic heterocycles. The Hall–Kier alpha value is -2.18. The van der Waals surface area contributed by atoms with E-state index in [0.29, 0.717) is 24.7 Å². The van der Waals surface area contributed by atoms with Crippen LogP contribution in [-0.4, -0.2) is 31.7 Å².